The van der Waals surface area contributed by atoms with E-state index in [0.717, 1.165) is 0 Å². The largest absolute Gasteiger partial charge is 0.450 e. The maximum absolute atomic E-state index is 11.9. The highest BCUT2D eigenvalue weighted by atomic mass is 16.6. The molecule has 1 rings (SSSR count). The van der Waals surface area contributed by atoms with Crippen LogP contribution < -0.4 is 5.32 Å². The normalized spacial score (nSPS) is 15.0. The van der Waals surface area contributed by atoms with Crippen LogP contribution in [0.1, 0.15) is 6.92 Å². The van der Waals surface area contributed by atoms with Gasteiger partial charge in [-0.2, -0.15) is 0 Å². The van der Waals surface area contributed by atoms with Crippen LogP contribution in [0.5, 0.6) is 0 Å². The first-order valence-electron chi connectivity index (χ1n) is 7.09. The molecule has 0 unspecified atom stereocenters. The average Bonchev–Trinajstić information content (AvgIpc) is 2.46. The molecule has 0 atom stereocenters. The summed E-state index contributed by atoms with van der Waals surface area (Å²) in [4.78, 5) is 40.1. The lowest BCUT2D eigenvalue weighted by Crippen LogP contribution is -2.54. The first-order chi connectivity index (χ1) is 9.95. The predicted octanol–water partition coefficient (Wildman–Crippen LogP) is -1.04. The van der Waals surface area contributed by atoms with E-state index in [9.17, 15) is 14.4 Å². The van der Waals surface area contributed by atoms with Crippen molar-refractivity contribution >= 4 is 17.9 Å². The van der Waals surface area contributed by atoms with Gasteiger partial charge in [0.2, 0.25) is 0 Å². The molecule has 0 aromatic carbocycles. The number of ether oxygens (including phenoxy) is 1. The van der Waals surface area contributed by atoms with Crippen molar-refractivity contribution in [3.05, 3.63) is 0 Å². The lowest BCUT2D eigenvalue weighted by molar-refractivity contribution is -0.146. The van der Waals surface area contributed by atoms with E-state index in [1.54, 1.807) is 6.92 Å². The van der Waals surface area contributed by atoms with E-state index in [0.29, 0.717) is 45.9 Å². The third-order valence-corrected chi connectivity index (χ3v) is 3.13. The third kappa shape index (κ3) is 5.58. The monoisotopic (exact) mass is 300 g/mol. The van der Waals surface area contributed by atoms with Crippen LogP contribution in [0.3, 0.4) is 0 Å². The van der Waals surface area contributed by atoms with Gasteiger partial charge in [-0.3, -0.25) is 9.59 Å². The Morgan fingerprint density at radius 3 is 2.19 bits per heavy atom. The van der Waals surface area contributed by atoms with Crippen LogP contribution in [0.2, 0.25) is 0 Å². The van der Waals surface area contributed by atoms with Gasteiger partial charge in [0, 0.05) is 39.3 Å². The second-order valence-electron chi connectivity index (χ2n) is 5.04. The Bertz CT molecular complexity index is 378. The minimum atomic E-state index is -0.596. The number of nitrogens with one attached hydrogen (secondary N) is 1. The van der Waals surface area contributed by atoms with Crippen LogP contribution in [-0.4, -0.2) is 92.6 Å². The van der Waals surface area contributed by atoms with Crippen LogP contribution in [0.4, 0.5) is 4.79 Å². The van der Waals surface area contributed by atoms with Crippen molar-refractivity contribution in [3.63, 3.8) is 0 Å². The summed E-state index contributed by atoms with van der Waals surface area (Å²) in [7, 11) is 3.78. The number of likely N-dealkylation sites (N-methyl/N-ethyl adjacent to an activating group) is 1. The van der Waals surface area contributed by atoms with Crippen molar-refractivity contribution < 1.29 is 19.1 Å². The van der Waals surface area contributed by atoms with Crippen molar-refractivity contribution in [1.29, 1.82) is 0 Å². The fraction of sp³-hybridized carbons (Fsp3) is 0.769. The number of piperazine rings is 1. The molecule has 8 nitrogen and oxygen atoms in total. The maximum Gasteiger partial charge on any atom is 0.409 e. The maximum atomic E-state index is 11.9. The summed E-state index contributed by atoms with van der Waals surface area (Å²) in [5, 5.41) is 2.59. The van der Waals surface area contributed by atoms with E-state index in [4.69, 9.17) is 4.74 Å². The number of hydrogen-bond acceptors (Lipinski definition) is 5. The Kier molecular flexibility index (Phi) is 6.93. The Morgan fingerprint density at radius 1 is 1.10 bits per heavy atom. The van der Waals surface area contributed by atoms with E-state index >= 15 is 0 Å². The van der Waals surface area contributed by atoms with E-state index in [1.807, 2.05) is 19.0 Å². The highest BCUT2D eigenvalue weighted by Gasteiger charge is 2.28. The summed E-state index contributed by atoms with van der Waals surface area (Å²) >= 11 is 0. The number of carbonyl (C=O) groups is 3. The molecule has 0 aromatic heterocycles. The molecule has 1 heterocycles. The molecule has 3 amide bonds. The van der Waals surface area contributed by atoms with Crippen molar-refractivity contribution in [2.75, 3.05) is 60.0 Å². The second-order valence-corrected chi connectivity index (χ2v) is 5.04. The van der Waals surface area contributed by atoms with Gasteiger partial charge in [-0.1, -0.05) is 0 Å². The second kappa shape index (κ2) is 8.46. The summed E-state index contributed by atoms with van der Waals surface area (Å²) in [6, 6.07) is 0. The fourth-order valence-electron chi connectivity index (χ4n) is 1.92. The zero-order valence-electron chi connectivity index (χ0n) is 12.9. The van der Waals surface area contributed by atoms with Crippen LogP contribution in [-0.2, 0) is 14.3 Å². The lowest BCUT2D eigenvalue weighted by Gasteiger charge is -2.33. The zero-order chi connectivity index (χ0) is 15.8. The third-order valence-electron chi connectivity index (χ3n) is 3.13. The van der Waals surface area contributed by atoms with Gasteiger partial charge in [-0.15, -0.1) is 0 Å². The van der Waals surface area contributed by atoms with Crippen LogP contribution in [0, 0.1) is 0 Å². The lowest BCUT2D eigenvalue weighted by atomic mass is 10.3. The minimum Gasteiger partial charge on any atom is -0.450 e. The molecule has 0 bridgehead atoms. The molecule has 0 spiro atoms. The molecular formula is C13H24N4O4. The van der Waals surface area contributed by atoms with E-state index in [1.165, 1.54) is 9.80 Å². The van der Waals surface area contributed by atoms with Gasteiger partial charge in [0.15, 0.2) is 0 Å². The van der Waals surface area contributed by atoms with Gasteiger partial charge < -0.3 is 24.8 Å². The first-order valence-corrected chi connectivity index (χ1v) is 7.09. The average molecular weight is 300 g/mol. The summed E-state index contributed by atoms with van der Waals surface area (Å²) in [5.41, 5.74) is 0. The molecule has 0 aromatic rings. The molecule has 1 aliphatic heterocycles. The topological polar surface area (TPSA) is 82.2 Å². The number of rotatable bonds is 4. The van der Waals surface area contributed by atoms with Gasteiger partial charge in [0.25, 0.3) is 0 Å². The van der Waals surface area contributed by atoms with Gasteiger partial charge >= 0.3 is 17.9 Å². The van der Waals surface area contributed by atoms with Gasteiger partial charge in [0.05, 0.1) is 6.61 Å². The van der Waals surface area contributed by atoms with Crippen molar-refractivity contribution in [2.45, 2.75) is 6.92 Å². The predicted molar refractivity (Wildman–Crippen MR) is 76.7 cm³/mol. The molecule has 0 radical (unpaired) electrons. The minimum absolute atomic E-state index is 0.326. The first kappa shape index (κ1) is 17.2. The highest BCUT2D eigenvalue weighted by Crippen LogP contribution is 2.04. The Balaban J connectivity index is 2.34. The number of carbonyl (C=O) groups excluding carboxylic acids is 3. The molecule has 21 heavy (non-hydrogen) atoms. The number of amides is 3. The van der Waals surface area contributed by atoms with Crippen LogP contribution >= 0.6 is 0 Å². The smallest absolute Gasteiger partial charge is 0.409 e. The fourth-order valence-corrected chi connectivity index (χ4v) is 1.92. The SMILES string of the molecule is CCOC(=O)N1CCN(C(=O)C(=O)NCCN(C)C)CC1. The zero-order valence-corrected chi connectivity index (χ0v) is 12.9. The van der Waals surface area contributed by atoms with Gasteiger partial charge in [-0.05, 0) is 21.0 Å². The Labute approximate surface area is 125 Å². The molecule has 1 aliphatic rings. The molecule has 1 fully saturated rings. The van der Waals surface area contributed by atoms with Crippen molar-refractivity contribution in [1.82, 2.24) is 20.0 Å². The van der Waals surface area contributed by atoms with E-state index < -0.39 is 11.8 Å². The van der Waals surface area contributed by atoms with Gasteiger partial charge in [-0.25, -0.2) is 4.79 Å². The molecule has 0 aliphatic carbocycles. The Hall–Kier alpha value is -1.83. The number of hydrogen-bond donors (Lipinski definition) is 1. The van der Waals surface area contributed by atoms with E-state index in [-0.39, 0.29) is 6.09 Å². The molecule has 120 valence electrons. The standard InChI is InChI=1S/C13H24N4O4/c1-4-21-13(20)17-9-7-16(8-10-17)12(19)11(18)14-5-6-15(2)3/h4-10H2,1-3H3,(H,14,18). The summed E-state index contributed by atoms with van der Waals surface area (Å²) in [5.74, 6) is -1.14. The molecule has 1 saturated heterocycles. The molecule has 1 N–H and O–H groups in total. The van der Waals surface area contributed by atoms with Crippen LogP contribution in [0.25, 0.3) is 0 Å². The Morgan fingerprint density at radius 2 is 1.67 bits per heavy atom. The van der Waals surface area contributed by atoms with Gasteiger partial charge in [0.1, 0.15) is 0 Å². The molecule has 8 heteroatoms. The molecule has 0 saturated carbocycles. The van der Waals surface area contributed by atoms with Crippen molar-refractivity contribution in [2.24, 2.45) is 0 Å². The summed E-state index contributed by atoms with van der Waals surface area (Å²) in [6.07, 6.45) is -0.375. The summed E-state index contributed by atoms with van der Waals surface area (Å²) in [6.45, 7) is 4.64. The van der Waals surface area contributed by atoms with E-state index in [2.05, 4.69) is 5.32 Å². The quantitative estimate of drug-likeness (QED) is 0.671. The molecular weight excluding hydrogens is 276 g/mol. The summed E-state index contributed by atoms with van der Waals surface area (Å²) < 4.78 is 4.90. The van der Waals surface area contributed by atoms with Crippen LogP contribution in [0.15, 0.2) is 0 Å². The highest BCUT2D eigenvalue weighted by molar-refractivity contribution is 6.35. The van der Waals surface area contributed by atoms with Crippen molar-refractivity contribution in [3.8, 4) is 0 Å². The number of nitrogens with zero attached hydrogens (tertiary/aromatic N) is 3.